The summed E-state index contributed by atoms with van der Waals surface area (Å²) >= 11 is 0. The van der Waals surface area contributed by atoms with Crippen molar-refractivity contribution in [2.45, 2.75) is 78.9 Å². The van der Waals surface area contributed by atoms with Gasteiger partial charge < -0.3 is 9.53 Å². The fourth-order valence-electron chi connectivity index (χ4n) is 2.72. The predicted octanol–water partition coefficient (Wildman–Crippen LogP) is 4.83. The summed E-state index contributed by atoms with van der Waals surface area (Å²) in [6.45, 7) is 20.7. The summed E-state index contributed by atoms with van der Waals surface area (Å²) < 4.78 is 6.05. The summed E-state index contributed by atoms with van der Waals surface area (Å²) in [5.41, 5.74) is 1.82. The number of aliphatic hydroxyl groups excluding tert-OH is 1. The Morgan fingerprint density at radius 1 is 0.778 bits per heavy atom. The van der Waals surface area contributed by atoms with Gasteiger partial charge in [0.2, 0.25) is 0 Å². The van der Waals surface area contributed by atoms with Crippen LogP contribution in [-0.2, 0) is 4.43 Å². The Kier molecular flexibility index (Phi) is 11.4. The summed E-state index contributed by atoms with van der Waals surface area (Å²) in [5.74, 6) is 0.833. The van der Waals surface area contributed by atoms with Crippen molar-refractivity contribution < 1.29 is 9.53 Å². The highest BCUT2D eigenvalue weighted by atomic mass is 28.4. The maximum atomic E-state index is 8.87. The second-order valence-corrected chi connectivity index (χ2v) is 12.1. The van der Waals surface area contributed by atoms with E-state index in [1.807, 2.05) is 0 Å². The third-order valence-electron chi connectivity index (χ3n) is 3.15. The molecule has 0 radical (unpaired) electrons. The van der Waals surface area contributed by atoms with Crippen LogP contribution < -0.4 is 0 Å². The van der Waals surface area contributed by atoms with E-state index >= 15 is 0 Å². The van der Waals surface area contributed by atoms with E-state index in [4.69, 9.17) is 9.53 Å². The molecule has 0 saturated heterocycles. The van der Waals surface area contributed by atoms with Gasteiger partial charge >= 0.3 is 0 Å². The Labute approximate surface area is 116 Å². The molecule has 0 aliphatic heterocycles. The molecule has 0 saturated carbocycles. The van der Waals surface area contributed by atoms with E-state index in [0.29, 0.717) is 23.2 Å². The van der Waals surface area contributed by atoms with E-state index in [1.165, 1.54) is 0 Å². The van der Waals surface area contributed by atoms with Crippen LogP contribution in [-0.4, -0.2) is 26.6 Å². The number of rotatable bonds is 6. The van der Waals surface area contributed by atoms with Crippen LogP contribution >= 0.6 is 0 Å². The highest BCUT2D eigenvalue weighted by Crippen LogP contribution is 2.41. The van der Waals surface area contributed by atoms with Gasteiger partial charge in [0.15, 0.2) is 8.32 Å². The zero-order chi connectivity index (χ0) is 14.9. The van der Waals surface area contributed by atoms with E-state index in [0.717, 1.165) is 5.92 Å². The minimum atomic E-state index is -1.71. The lowest BCUT2D eigenvalue weighted by molar-refractivity contribution is 0.184. The number of aliphatic hydroxyl groups is 1. The van der Waals surface area contributed by atoms with Gasteiger partial charge in [-0.3, -0.25) is 0 Å². The average molecular weight is 277 g/mol. The molecule has 0 atom stereocenters. The number of hydrogen-bond acceptors (Lipinski definition) is 2. The van der Waals surface area contributed by atoms with E-state index in [-0.39, 0.29) is 6.61 Å². The van der Waals surface area contributed by atoms with E-state index in [2.05, 4.69) is 62.3 Å². The first-order valence-electron chi connectivity index (χ1n) is 7.37. The molecule has 0 aliphatic carbocycles. The van der Waals surface area contributed by atoms with Gasteiger partial charge in [-0.25, -0.2) is 0 Å². The van der Waals surface area contributed by atoms with Crippen molar-refractivity contribution in [2.24, 2.45) is 5.92 Å². The molecule has 0 aliphatic rings. The lowest BCUT2D eigenvalue weighted by Gasteiger charge is -2.42. The van der Waals surface area contributed by atoms with Crippen molar-refractivity contribution in [3.8, 4) is 0 Å². The molecular formula is C15H36O2Si. The van der Waals surface area contributed by atoms with Gasteiger partial charge in [-0.05, 0) is 22.5 Å². The SMILES string of the molecule is CC(C)C.CC(C)[Si](OCCO)(C(C)C)C(C)C. The Hall–Kier alpha value is 0.137. The lowest BCUT2D eigenvalue weighted by atomic mass is 10.3. The Morgan fingerprint density at radius 2 is 1.06 bits per heavy atom. The summed E-state index contributed by atoms with van der Waals surface area (Å²) in [6.07, 6.45) is 0. The van der Waals surface area contributed by atoms with Crippen LogP contribution in [0.25, 0.3) is 0 Å². The molecule has 0 aromatic carbocycles. The second-order valence-electron chi connectivity index (χ2n) is 6.62. The molecule has 0 rings (SSSR count). The maximum absolute atomic E-state index is 8.87. The topological polar surface area (TPSA) is 29.5 Å². The van der Waals surface area contributed by atoms with Gasteiger partial charge in [0, 0.05) is 0 Å². The first-order valence-corrected chi connectivity index (χ1v) is 9.51. The van der Waals surface area contributed by atoms with Gasteiger partial charge in [0.05, 0.1) is 13.2 Å². The quantitative estimate of drug-likeness (QED) is 0.704. The van der Waals surface area contributed by atoms with Crippen LogP contribution in [0.2, 0.25) is 16.6 Å². The minimum absolute atomic E-state index is 0.140. The summed E-state index contributed by atoms with van der Waals surface area (Å²) in [6, 6.07) is 0. The highest BCUT2D eigenvalue weighted by Gasteiger charge is 2.44. The minimum Gasteiger partial charge on any atom is -0.414 e. The van der Waals surface area contributed by atoms with Crippen molar-refractivity contribution in [1.29, 1.82) is 0 Å². The summed E-state index contributed by atoms with van der Waals surface area (Å²) in [5, 5.41) is 8.87. The van der Waals surface area contributed by atoms with Gasteiger partial charge in [-0.15, -0.1) is 0 Å². The number of hydrogen-bond donors (Lipinski definition) is 1. The zero-order valence-corrected chi connectivity index (χ0v) is 15.1. The first-order chi connectivity index (χ1) is 8.12. The van der Waals surface area contributed by atoms with Gasteiger partial charge in [0.25, 0.3) is 0 Å². The van der Waals surface area contributed by atoms with Crippen LogP contribution in [0.4, 0.5) is 0 Å². The predicted molar refractivity (Wildman–Crippen MR) is 84.6 cm³/mol. The van der Waals surface area contributed by atoms with Crippen molar-refractivity contribution in [2.75, 3.05) is 13.2 Å². The summed E-state index contributed by atoms with van der Waals surface area (Å²) in [7, 11) is -1.71. The molecule has 2 nitrogen and oxygen atoms in total. The van der Waals surface area contributed by atoms with Crippen LogP contribution in [0, 0.1) is 5.92 Å². The molecular weight excluding hydrogens is 240 g/mol. The molecule has 1 N–H and O–H groups in total. The molecule has 3 heteroatoms. The molecule has 112 valence electrons. The largest absolute Gasteiger partial charge is 0.414 e. The van der Waals surface area contributed by atoms with Crippen molar-refractivity contribution in [3.05, 3.63) is 0 Å². The van der Waals surface area contributed by atoms with Gasteiger partial charge in [0.1, 0.15) is 0 Å². The molecule has 0 unspecified atom stereocenters. The molecule has 0 fully saturated rings. The van der Waals surface area contributed by atoms with Crippen LogP contribution in [0.15, 0.2) is 0 Å². The molecule has 0 heterocycles. The van der Waals surface area contributed by atoms with Crippen LogP contribution in [0.5, 0.6) is 0 Å². The third kappa shape index (κ3) is 6.91. The molecule has 18 heavy (non-hydrogen) atoms. The van der Waals surface area contributed by atoms with E-state index in [9.17, 15) is 0 Å². The molecule has 0 aromatic rings. The van der Waals surface area contributed by atoms with Crippen LogP contribution in [0.1, 0.15) is 62.3 Å². The van der Waals surface area contributed by atoms with Crippen LogP contribution in [0.3, 0.4) is 0 Å². The molecule has 0 aromatic heterocycles. The Bertz CT molecular complexity index is 164. The van der Waals surface area contributed by atoms with Gasteiger partial charge in [-0.1, -0.05) is 62.3 Å². The Balaban J connectivity index is 0. The van der Waals surface area contributed by atoms with Crippen molar-refractivity contribution >= 4 is 8.32 Å². The summed E-state index contributed by atoms with van der Waals surface area (Å²) in [4.78, 5) is 0. The first kappa shape index (κ1) is 20.5. The van der Waals surface area contributed by atoms with Crippen molar-refractivity contribution in [1.82, 2.24) is 0 Å². The lowest BCUT2D eigenvalue weighted by Crippen LogP contribution is -2.48. The smallest absolute Gasteiger partial charge is 0.200 e. The third-order valence-corrected chi connectivity index (χ3v) is 9.27. The Morgan fingerprint density at radius 3 is 1.22 bits per heavy atom. The maximum Gasteiger partial charge on any atom is 0.200 e. The molecule has 0 bridgehead atoms. The van der Waals surface area contributed by atoms with Crippen molar-refractivity contribution in [3.63, 3.8) is 0 Å². The monoisotopic (exact) mass is 276 g/mol. The second kappa shape index (κ2) is 9.99. The standard InChI is InChI=1S/C11H26O2Si.C4H10/c1-9(2)14(10(3)4,11(5)6)13-8-7-12;1-4(2)3/h9-12H,7-8H2,1-6H3;4H,1-3H3. The average Bonchev–Trinajstić information content (AvgIpc) is 2.16. The zero-order valence-electron chi connectivity index (χ0n) is 14.1. The van der Waals surface area contributed by atoms with E-state index in [1.54, 1.807) is 0 Å². The normalized spacial score (nSPS) is 12.3. The molecule has 0 amide bonds. The highest BCUT2D eigenvalue weighted by molar-refractivity contribution is 6.77. The fraction of sp³-hybridized carbons (Fsp3) is 1.00. The molecule has 0 spiro atoms. The fourth-order valence-corrected chi connectivity index (χ4v) is 8.17. The van der Waals surface area contributed by atoms with Gasteiger partial charge in [-0.2, -0.15) is 0 Å². The van der Waals surface area contributed by atoms with E-state index < -0.39 is 8.32 Å².